The molecule has 0 aliphatic carbocycles. The molecule has 3 N–H and O–H groups in total. The Bertz CT molecular complexity index is 578. The molecule has 1 aromatic carbocycles. The van der Waals surface area contributed by atoms with E-state index in [-0.39, 0.29) is 6.42 Å². The molecule has 120 valence electrons. The van der Waals surface area contributed by atoms with Gasteiger partial charge in [-0.1, -0.05) is 6.07 Å². The van der Waals surface area contributed by atoms with Crippen molar-refractivity contribution in [3.8, 4) is 0 Å². The first-order chi connectivity index (χ1) is 10.3. The normalized spacial score (nSPS) is 11.7. The number of hydrogen-bond acceptors (Lipinski definition) is 5. The van der Waals surface area contributed by atoms with Gasteiger partial charge < -0.3 is 15.5 Å². The fourth-order valence-electron chi connectivity index (χ4n) is 1.76. The van der Waals surface area contributed by atoms with Gasteiger partial charge in [0.15, 0.2) is 0 Å². The van der Waals surface area contributed by atoms with Gasteiger partial charge in [-0.2, -0.15) is 4.39 Å². The van der Waals surface area contributed by atoms with Crippen LogP contribution in [0.2, 0.25) is 0 Å². The van der Waals surface area contributed by atoms with E-state index < -0.39 is 41.0 Å². The number of carboxylic acids is 1. The highest BCUT2D eigenvalue weighted by Gasteiger charge is 2.18. The van der Waals surface area contributed by atoms with Crippen molar-refractivity contribution in [1.82, 2.24) is 5.32 Å². The number of aryl methyl sites for hydroxylation is 1. The molecule has 1 aromatic rings. The summed E-state index contributed by atoms with van der Waals surface area (Å²) in [5, 5.41) is 30.2. The van der Waals surface area contributed by atoms with Gasteiger partial charge in [0, 0.05) is 12.5 Å². The summed E-state index contributed by atoms with van der Waals surface area (Å²) >= 11 is 0. The third kappa shape index (κ3) is 5.09. The Morgan fingerprint density at radius 1 is 1.41 bits per heavy atom. The van der Waals surface area contributed by atoms with Crippen molar-refractivity contribution >= 4 is 17.6 Å². The van der Waals surface area contributed by atoms with Gasteiger partial charge >= 0.3 is 11.7 Å². The second-order valence-corrected chi connectivity index (χ2v) is 4.54. The van der Waals surface area contributed by atoms with Crippen molar-refractivity contribution in [2.75, 3.05) is 6.61 Å². The highest BCUT2D eigenvalue weighted by molar-refractivity contribution is 5.83. The molecule has 1 rings (SSSR count). The maximum atomic E-state index is 13.1. The van der Waals surface area contributed by atoms with E-state index in [4.69, 9.17) is 10.2 Å². The minimum atomic E-state index is -1.36. The molecule has 1 atom stereocenters. The molecule has 1 unspecified atom stereocenters. The van der Waals surface area contributed by atoms with Crippen LogP contribution in [-0.4, -0.2) is 39.7 Å². The SMILES string of the molecule is O=C(CCCc1ccc(F)c([N+](=O)[O-])c1)NC(CO)C(=O)O. The molecule has 0 fully saturated rings. The highest BCUT2D eigenvalue weighted by atomic mass is 19.1. The monoisotopic (exact) mass is 314 g/mol. The number of aliphatic carboxylic acids is 1. The molecule has 8 nitrogen and oxygen atoms in total. The average Bonchev–Trinajstić information content (AvgIpc) is 2.45. The zero-order chi connectivity index (χ0) is 16.7. The Labute approximate surface area is 124 Å². The quantitative estimate of drug-likeness (QED) is 0.476. The Balaban J connectivity index is 2.51. The number of benzene rings is 1. The number of hydrogen-bond donors (Lipinski definition) is 3. The summed E-state index contributed by atoms with van der Waals surface area (Å²) in [4.78, 5) is 31.9. The minimum Gasteiger partial charge on any atom is -0.480 e. The maximum absolute atomic E-state index is 13.1. The van der Waals surface area contributed by atoms with Gasteiger partial charge in [0.25, 0.3) is 0 Å². The van der Waals surface area contributed by atoms with Crippen molar-refractivity contribution in [2.45, 2.75) is 25.3 Å². The number of carbonyl (C=O) groups excluding carboxylic acids is 1. The van der Waals surface area contributed by atoms with E-state index in [1.165, 1.54) is 6.07 Å². The molecule has 0 saturated heterocycles. The van der Waals surface area contributed by atoms with Crippen LogP contribution in [-0.2, 0) is 16.0 Å². The molecule has 0 aliphatic rings. The second kappa shape index (κ2) is 8.03. The topological polar surface area (TPSA) is 130 Å². The van der Waals surface area contributed by atoms with E-state index in [2.05, 4.69) is 5.32 Å². The number of rotatable bonds is 8. The van der Waals surface area contributed by atoms with Crippen LogP contribution in [0.25, 0.3) is 0 Å². The third-order valence-electron chi connectivity index (χ3n) is 2.89. The lowest BCUT2D eigenvalue weighted by Crippen LogP contribution is -2.43. The summed E-state index contributed by atoms with van der Waals surface area (Å²) in [7, 11) is 0. The number of nitrogens with one attached hydrogen (secondary N) is 1. The Morgan fingerprint density at radius 2 is 2.09 bits per heavy atom. The van der Waals surface area contributed by atoms with E-state index in [0.29, 0.717) is 18.4 Å². The first kappa shape index (κ1) is 17.5. The van der Waals surface area contributed by atoms with Crippen molar-refractivity contribution in [3.05, 3.63) is 39.7 Å². The maximum Gasteiger partial charge on any atom is 0.328 e. The molecule has 22 heavy (non-hydrogen) atoms. The molecule has 0 spiro atoms. The van der Waals surface area contributed by atoms with Crippen molar-refractivity contribution in [1.29, 1.82) is 0 Å². The van der Waals surface area contributed by atoms with Crippen LogP contribution in [0.1, 0.15) is 18.4 Å². The van der Waals surface area contributed by atoms with Crippen LogP contribution in [0, 0.1) is 15.9 Å². The third-order valence-corrected chi connectivity index (χ3v) is 2.89. The van der Waals surface area contributed by atoms with E-state index in [1.807, 2.05) is 0 Å². The van der Waals surface area contributed by atoms with E-state index in [1.54, 1.807) is 0 Å². The van der Waals surface area contributed by atoms with Crippen LogP contribution in [0.4, 0.5) is 10.1 Å². The predicted octanol–water partition coefficient (Wildman–Crippen LogP) is 0.618. The summed E-state index contributed by atoms with van der Waals surface area (Å²) < 4.78 is 13.1. The van der Waals surface area contributed by atoms with Gasteiger partial charge in [0.1, 0.15) is 6.04 Å². The first-order valence-electron chi connectivity index (χ1n) is 6.41. The van der Waals surface area contributed by atoms with Crippen molar-refractivity contribution in [2.24, 2.45) is 0 Å². The number of aliphatic hydroxyl groups excluding tert-OH is 1. The second-order valence-electron chi connectivity index (χ2n) is 4.54. The molecule has 0 saturated carbocycles. The van der Waals surface area contributed by atoms with Gasteiger partial charge in [-0.25, -0.2) is 4.79 Å². The van der Waals surface area contributed by atoms with Gasteiger partial charge in [-0.05, 0) is 24.5 Å². The summed E-state index contributed by atoms with van der Waals surface area (Å²) in [6.07, 6.45) is 0.576. The van der Waals surface area contributed by atoms with Crippen LogP contribution in [0.3, 0.4) is 0 Å². The van der Waals surface area contributed by atoms with Crippen molar-refractivity contribution in [3.63, 3.8) is 0 Å². The largest absolute Gasteiger partial charge is 0.480 e. The molecule has 1 amide bonds. The molecule has 0 aliphatic heterocycles. The number of carboxylic acid groups (broad SMARTS) is 1. The van der Waals surface area contributed by atoms with E-state index in [0.717, 1.165) is 12.1 Å². The number of nitro groups is 1. The fraction of sp³-hybridized carbons (Fsp3) is 0.385. The standard InChI is InChI=1S/C13H15FN2O6/c14-9-5-4-8(6-11(9)16(21)22)2-1-3-12(18)15-10(7-17)13(19)20/h4-6,10,17H,1-3,7H2,(H,15,18)(H,19,20). The molecule has 9 heteroatoms. The number of nitro benzene ring substituents is 1. The summed E-state index contributed by atoms with van der Waals surface area (Å²) in [5.41, 5.74) is -0.133. The van der Waals surface area contributed by atoms with Crippen LogP contribution >= 0.6 is 0 Å². The summed E-state index contributed by atoms with van der Waals surface area (Å²) in [5.74, 6) is -2.83. The Kier molecular flexibility index (Phi) is 6.39. The van der Waals surface area contributed by atoms with Crippen LogP contribution in [0.15, 0.2) is 18.2 Å². The lowest BCUT2D eigenvalue weighted by Gasteiger charge is -2.11. The molecular weight excluding hydrogens is 299 g/mol. The Hall–Kier alpha value is -2.55. The number of aliphatic hydroxyl groups is 1. The van der Waals surface area contributed by atoms with E-state index in [9.17, 15) is 24.1 Å². The summed E-state index contributed by atoms with van der Waals surface area (Å²) in [6.45, 7) is -0.717. The smallest absolute Gasteiger partial charge is 0.328 e. The molecular formula is C13H15FN2O6. The lowest BCUT2D eigenvalue weighted by molar-refractivity contribution is -0.387. The van der Waals surface area contributed by atoms with Gasteiger partial charge in [0.2, 0.25) is 11.7 Å². The fourth-order valence-corrected chi connectivity index (χ4v) is 1.76. The molecule has 0 bridgehead atoms. The number of halogens is 1. The molecule has 0 heterocycles. The Morgan fingerprint density at radius 3 is 2.64 bits per heavy atom. The van der Waals surface area contributed by atoms with Gasteiger partial charge in [-0.15, -0.1) is 0 Å². The van der Waals surface area contributed by atoms with E-state index >= 15 is 0 Å². The zero-order valence-corrected chi connectivity index (χ0v) is 11.5. The van der Waals surface area contributed by atoms with Crippen LogP contribution in [0.5, 0.6) is 0 Å². The number of carbonyl (C=O) groups is 2. The van der Waals surface area contributed by atoms with Gasteiger partial charge in [-0.3, -0.25) is 14.9 Å². The highest BCUT2D eigenvalue weighted by Crippen LogP contribution is 2.19. The summed E-state index contributed by atoms with van der Waals surface area (Å²) in [6, 6.07) is 2.11. The van der Waals surface area contributed by atoms with Crippen molar-refractivity contribution < 1.29 is 29.1 Å². The van der Waals surface area contributed by atoms with Gasteiger partial charge in [0.05, 0.1) is 11.5 Å². The number of nitrogens with zero attached hydrogens (tertiary/aromatic N) is 1. The lowest BCUT2D eigenvalue weighted by atomic mass is 10.1. The molecule has 0 radical (unpaired) electrons. The minimum absolute atomic E-state index is 0.0189. The van der Waals surface area contributed by atoms with Crippen LogP contribution < -0.4 is 5.32 Å². The average molecular weight is 314 g/mol. The first-order valence-corrected chi connectivity index (χ1v) is 6.41. The molecule has 0 aromatic heterocycles. The number of amides is 1. The predicted molar refractivity (Wildman–Crippen MR) is 72.6 cm³/mol. The zero-order valence-electron chi connectivity index (χ0n) is 11.5.